The maximum absolute atomic E-state index is 12.6. The van der Waals surface area contributed by atoms with Crippen LogP contribution < -0.4 is 5.32 Å². The largest absolute Gasteiger partial charge is 0.449 e. The van der Waals surface area contributed by atoms with E-state index >= 15 is 0 Å². The number of H-pyrrole nitrogens is 2. The molecule has 0 spiro atoms. The van der Waals surface area contributed by atoms with Crippen LogP contribution in [-0.2, 0) is 12.6 Å². The number of alkyl halides is 3. The van der Waals surface area contributed by atoms with Gasteiger partial charge in [0.2, 0.25) is 5.82 Å². The zero-order valence-electron chi connectivity index (χ0n) is 11.7. The highest BCUT2D eigenvalue weighted by Gasteiger charge is 2.34. The van der Waals surface area contributed by atoms with Crippen LogP contribution in [0.3, 0.4) is 0 Å². The Bertz CT molecular complexity index is 823. The normalized spacial score (nSPS) is 11.8. The summed E-state index contributed by atoms with van der Waals surface area (Å²) in [7, 11) is 0. The topological polar surface area (TPSA) is 86.5 Å². The summed E-state index contributed by atoms with van der Waals surface area (Å²) in [6.45, 7) is 0.385. The standard InChI is InChI=1S/C14H12F3N5O/c15-14(16,17)13-21-10-2-1-8(5-11(10)22-13)12(23)19-4-3-9-6-18-7-20-9/h1-2,5-7H,3-4H2,(H,18,20)(H,19,23)(H,21,22). The van der Waals surface area contributed by atoms with Gasteiger partial charge in [0.1, 0.15) is 0 Å². The average molecular weight is 323 g/mol. The smallest absolute Gasteiger partial charge is 0.352 e. The van der Waals surface area contributed by atoms with Gasteiger partial charge in [-0.3, -0.25) is 4.79 Å². The minimum Gasteiger partial charge on any atom is -0.352 e. The van der Waals surface area contributed by atoms with E-state index in [1.807, 2.05) is 0 Å². The zero-order valence-corrected chi connectivity index (χ0v) is 11.7. The lowest BCUT2D eigenvalue weighted by Crippen LogP contribution is -2.25. The van der Waals surface area contributed by atoms with Crippen LogP contribution in [0.4, 0.5) is 13.2 Å². The number of nitrogens with zero attached hydrogens (tertiary/aromatic N) is 2. The predicted molar refractivity (Wildman–Crippen MR) is 75.7 cm³/mol. The number of rotatable bonds is 4. The van der Waals surface area contributed by atoms with E-state index in [1.54, 1.807) is 12.5 Å². The summed E-state index contributed by atoms with van der Waals surface area (Å²) in [6, 6.07) is 4.17. The van der Waals surface area contributed by atoms with Crippen LogP contribution in [0, 0.1) is 0 Å². The van der Waals surface area contributed by atoms with E-state index in [4.69, 9.17) is 0 Å². The first-order valence-electron chi connectivity index (χ1n) is 6.76. The Morgan fingerprint density at radius 1 is 1.30 bits per heavy atom. The number of halogens is 3. The van der Waals surface area contributed by atoms with Crippen molar-refractivity contribution >= 4 is 16.9 Å². The van der Waals surface area contributed by atoms with Crippen LogP contribution in [0.5, 0.6) is 0 Å². The number of hydrogen-bond donors (Lipinski definition) is 3. The SMILES string of the molecule is O=C(NCCc1cnc[nH]1)c1ccc2nc(C(F)(F)F)[nH]c2c1. The molecule has 0 fully saturated rings. The average Bonchev–Trinajstić information content (AvgIpc) is 3.14. The number of carbonyl (C=O) groups is 1. The van der Waals surface area contributed by atoms with Crippen LogP contribution in [0.25, 0.3) is 11.0 Å². The molecule has 3 N–H and O–H groups in total. The second kappa shape index (κ2) is 5.75. The van der Waals surface area contributed by atoms with Gasteiger partial charge in [-0.25, -0.2) is 9.97 Å². The molecule has 0 atom stereocenters. The molecule has 0 unspecified atom stereocenters. The Balaban J connectivity index is 1.70. The maximum atomic E-state index is 12.6. The second-order valence-corrected chi connectivity index (χ2v) is 4.90. The first-order chi connectivity index (χ1) is 10.9. The van der Waals surface area contributed by atoms with Crippen molar-refractivity contribution < 1.29 is 18.0 Å². The van der Waals surface area contributed by atoms with Crippen LogP contribution in [0.2, 0.25) is 0 Å². The summed E-state index contributed by atoms with van der Waals surface area (Å²) in [5.74, 6) is -1.45. The molecule has 120 valence electrons. The van der Waals surface area contributed by atoms with Crippen molar-refractivity contribution in [1.82, 2.24) is 25.3 Å². The number of fused-ring (bicyclic) bond motifs is 1. The number of imidazole rings is 2. The third-order valence-electron chi connectivity index (χ3n) is 3.25. The van der Waals surface area contributed by atoms with Gasteiger partial charge in [0, 0.05) is 30.4 Å². The fraction of sp³-hybridized carbons (Fsp3) is 0.214. The molecule has 0 aliphatic carbocycles. The van der Waals surface area contributed by atoms with Gasteiger partial charge in [-0.15, -0.1) is 0 Å². The highest BCUT2D eigenvalue weighted by molar-refractivity contribution is 5.97. The Labute approximate surface area is 128 Å². The summed E-state index contributed by atoms with van der Waals surface area (Å²) < 4.78 is 37.8. The minimum atomic E-state index is -4.55. The molecule has 1 amide bonds. The number of hydrogen-bond acceptors (Lipinski definition) is 3. The van der Waals surface area contributed by atoms with Gasteiger partial charge in [0.15, 0.2) is 0 Å². The van der Waals surface area contributed by atoms with E-state index in [0.29, 0.717) is 13.0 Å². The first-order valence-corrected chi connectivity index (χ1v) is 6.76. The number of aromatic amines is 2. The summed E-state index contributed by atoms with van der Waals surface area (Å²) in [5, 5.41) is 2.70. The quantitative estimate of drug-likeness (QED) is 0.688. The van der Waals surface area contributed by atoms with E-state index < -0.39 is 12.0 Å². The summed E-state index contributed by atoms with van der Waals surface area (Å²) in [4.78, 5) is 24.4. The molecule has 2 aromatic heterocycles. The van der Waals surface area contributed by atoms with Crippen molar-refractivity contribution in [2.75, 3.05) is 6.54 Å². The molecule has 0 aliphatic heterocycles. The summed E-state index contributed by atoms with van der Waals surface area (Å²) in [5.41, 5.74) is 1.47. The molecule has 0 saturated heterocycles. The monoisotopic (exact) mass is 323 g/mol. The van der Waals surface area contributed by atoms with Gasteiger partial charge in [-0.2, -0.15) is 13.2 Å². The number of amides is 1. The van der Waals surface area contributed by atoms with Crippen LogP contribution in [-0.4, -0.2) is 32.4 Å². The van der Waals surface area contributed by atoms with E-state index in [9.17, 15) is 18.0 Å². The van der Waals surface area contributed by atoms with Gasteiger partial charge < -0.3 is 15.3 Å². The Morgan fingerprint density at radius 2 is 2.13 bits per heavy atom. The summed E-state index contributed by atoms with van der Waals surface area (Å²) >= 11 is 0. The van der Waals surface area contributed by atoms with Crippen LogP contribution in [0.1, 0.15) is 21.9 Å². The van der Waals surface area contributed by atoms with Crippen molar-refractivity contribution in [3.05, 3.63) is 47.8 Å². The van der Waals surface area contributed by atoms with Gasteiger partial charge in [0.05, 0.1) is 17.4 Å². The highest BCUT2D eigenvalue weighted by Crippen LogP contribution is 2.28. The lowest BCUT2D eigenvalue weighted by molar-refractivity contribution is -0.144. The molecule has 0 aliphatic rings. The molecule has 3 aromatic rings. The fourth-order valence-corrected chi connectivity index (χ4v) is 2.12. The van der Waals surface area contributed by atoms with Gasteiger partial charge in [-0.1, -0.05) is 0 Å². The van der Waals surface area contributed by atoms with Gasteiger partial charge >= 0.3 is 6.18 Å². The molecule has 23 heavy (non-hydrogen) atoms. The molecule has 3 rings (SSSR count). The van der Waals surface area contributed by atoms with Crippen molar-refractivity contribution in [2.24, 2.45) is 0 Å². The van der Waals surface area contributed by atoms with Gasteiger partial charge in [0.25, 0.3) is 5.91 Å². The van der Waals surface area contributed by atoms with Crippen molar-refractivity contribution in [2.45, 2.75) is 12.6 Å². The van der Waals surface area contributed by atoms with Gasteiger partial charge in [-0.05, 0) is 18.2 Å². The van der Waals surface area contributed by atoms with E-state index in [1.165, 1.54) is 18.2 Å². The maximum Gasteiger partial charge on any atom is 0.449 e. The molecule has 0 bridgehead atoms. The Hall–Kier alpha value is -2.84. The number of nitrogens with one attached hydrogen (secondary N) is 3. The van der Waals surface area contributed by atoms with Crippen LogP contribution in [0.15, 0.2) is 30.7 Å². The third-order valence-corrected chi connectivity index (χ3v) is 3.25. The Kier molecular flexibility index (Phi) is 3.77. The second-order valence-electron chi connectivity index (χ2n) is 4.90. The highest BCUT2D eigenvalue weighted by atomic mass is 19.4. The molecule has 6 nitrogen and oxygen atoms in total. The number of carbonyl (C=O) groups excluding carboxylic acids is 1. The third kappa shape index (κ3) is 3.33. The lowest BCUT2D eigenvalue weighted by atomic mass is 10.2. The molecular weight excluding hydrogens is 311 g/mol. The molecule has 2 heterocycles. The predicted octanol–water partition coefficient (Wildman–Crippen LogP) is 2.28. The molecule has 0 radical (unpaired) electrons. The van der Waals surface area contributed by atoms with Crippen molar-refractivity contribution in [3.8, 4) is 0 Å². The molecular formula is C14H12F3N5O. The number of benzene rings is 1. The molecule has 9 heteroatoms. The fourth-order valence-electron chi connectivity index (χ4n) is 2.12. The molecule has 0 saturated carbocycles. The first kappa shape index (κ1) is 15.1. The molecule has 1 aromatic carbocycles. The van der Waals surface area contributed by atoms with E-state index in [2.05, 4.69) is 25.3 Å². The Morgan fingerprint density at radius 3 is 2.83 bits per heavy atom. The summed E-state index contributed by atoms with van der Waals surface area (Å²) in [6.07, 6.45) is -0.773. The minimum absolute atomic E-state index is 0.159. The van der Waals surface area contributed by atoms with E-state index in [0.717, 1.165) is 5.69 Å². The van der Waals surface area contributed by atoms with E-state index in [-0.39, 0.29) is 22.5 Å². The lowest BCUT2D eigenvalue weighted by Gasteiger charge is -2.04. The van der Waals surface area contributed by atoms with Crippen molar-refractivity contribution in [1.29, 1.82) is 0 Å². The number of aromatic nitrogens is 4. The van der Waals surface area contributed by atoms with Crippen LogP contribution >= 0.6 is 0 Å². The zero-order chi connectivity index (χ0) is 16.4. The van der Waals surface area contributed by atoms with Crippen molar-refractivity contribution in [3.63, 3.8) is 0 Å².